The molecule has 18 heavy (non-hydrogen) atoms. The highest BCUT2D eigenvalue weighted by Crippen LogP contribution is 2.34. The van der Waals surface area contributed by atoms with Crippen LogP contribution < -0.4 is 0 Å². The molecule has 2 rings (SSSR count). The van der Waals surface area contributed by atoms with Crippen LogP contribution in [0.25, 0.3) is 0 Å². The predicted molar refractivity (Wildman–Crippen MR) is 69.4 cm³/mol. The first-order valence-corrected chi connectivity index (χ1v) is 6.54. The first-order valence-electron chi connectivity index (χ1n) is 6.54. The molecule has 3 unspecified atom stereocenters. The molecule has 1 aromatic carbocycles. The number of hydrogen-bond acceptors (Lipinski definition) is 2. The third kappa shape index (κ3) is 2.91. The second-order valence-electron chi connectivity index (χ2n) is 5.30. The third-order valence-electron chi connectivity index (χ3n) is 3.90. The molecule has 0 saturated heterocycles. The molecule has 1 aliphatic carbocycles. The van der Waals surface area contributed by atoms with Crippen LogP contribution in [0.3, 0.4) is 0 Å². The highest BCUT2D eigenvalue weighted by Gasteiger charge is 2.36. The Hall–Kier alpha value is -1.35. The minimum absolute atomic E-state index is 0.0944. The monoisotopic (exact) mass is 248 g/mol. The van der Waals surface area contributed by atoms with Crippen LogP contribution >= 0.6 is 0 Å². The molecule has 0 aliphatic heterocycles. The Kier molecular flexibility index (Phi) is 4.02. The Balaban J connectivity index is 2.14. The van der Waals surface area contributed by atoms with Gasteiger partial charge in [-0.25, -0.2) is 0 Å². The van der Waals surface area contributed by atoms with Gasteiger partial charge in [-0.3, -0.25) is 4.79 Å². The lowest BCUT2D eigenvalue weighted by Gasteiger charge is -2.22. The number of aliphatic hydroxyl groups is 1. The van der Waals surface area contributed by atoms with Crippen molar-refractivity contribution in [2.75, 3.05) is 0 Å². The van der Waals surface area contributed by atoms with E-state index < -0.39 is 18.0 Å². The molecule has 3 nitrogen and oxygen atoms in total. The Bertz CT molecular complexity index is 428. The summed E-state index contributed by atoms with van der Waals surface area (Å²) in [6, 6.07) is 7.94. The normalized spacial score (nSPS) is 25.0. The molecule has 0 radical (unpaired) electrons. The second-order valence-corrected chi connectivity index (χ2v) is 5.30. The highest BCUT2D eigenvalue weighted by atomic mass is 16.4. The minimum atomic E-state index is -0.789. The Morgan fingerprint density at radius 1 is 1.44 bits per heavy atom. The van der Waals surface area contributed by atoms with E-state index in [4.69, 9.17) is 0 Å². The van der Waals surface area contributed by atoms with Gasteiger partial charge in [0.15, 0.2) is 0 Å². The minimum Gasteiger partial charge on any atom is -0.481 e. The van der Waals surface area contributed by atoms with Gasteiger partial charge in [0.1, 0.15) is 0 Å². The molecule has 0 aromatic heterocycles. The van der Waals surface area contributed by atoms with E-state index in [0.29, 0.717) is 6.42 Å². The number of aliphatic hydroxyl groups excluding tert-OH is 1. The molecular weight excluding hydrogens is 228 g/mol. The fraction of sp³-hybridized carbons (Fsp3) is 0.533. The molecule has 0 bridgehead atoms. The average Bonchev–Trinajstić information content (AvgIpc) is 2.72. The van der Waals surface area contributed by atoms with Gasteiger partial charge in [-0.2, -0.15) is 0 Å². The summed E-state index contributed by atoms with van der Waals surface area (Å²) >= 11 is 0. The van der Waals surface area contributed by atoms with Gasteiger partial charge in [-0.15, -0.1) is 0 Å². The van der Waals surface area contributed by atoms with Crippen LogP contribution in [0.1, 0.15) is 30.4 Å². The molecule has 98 valence electrons. The van der Waals surface area contributed by atoms with Gasteiger partial charge in [0.2, 0.25) is 0 Å². The molecule has 0 heterocycles. The van der Waals surface area contributed by atoms with E-state index in [9.17, 15) is 15.0 Å². The van der Waals surface area contributed by atoms with Crippen molar-refractivity contribution in [2.45, 2.75) is 38.7 Å². The first-order chi connectivity index (χ1) is 8.58. The van der Waals surface area contributed by atoms with Crippen LogP contribution in [0.15, 0.2) is 24.3 Å². The number of hydrogen-bond donors (Lipinski definition) is 2. The Morgan fingerprint density at radius 3 is 2.78 bits per heavy atom. The number of benzene rings is 1. The van der Waals surface area contributed by atoms with Crippen molar-refractivity contribution in [3.63, 3.8) is 0 Å². The second kappa shape index (κ2) is 5.53. The van der Waals surface area contributed by atoms with Crippen LogP contribution in [0.2, 0.25) is 0 Å². The topological polar surface area (TPSA) is 57.5 Å². The number of carbonyl (C=O) groups is 1. The van der Waals surface area contributed by atoms with Crippen molar-refractivity contribution in [2.24, 2.45) is 11.8 Å². The van der Waals surface area contributed by atoms with Gasteiger partial charge < -0.3 is 10.2 Å². The Morgan fingerprint density at radius 2 is 2.22 bits per heavy atom. The van der Waals surface area contributed by atoms with E-state index >= 15 is 0 Å². The summed E-state index contributed by atoms with van der Waals surface area (Å²) < 4.78 is 0. The predicted octanol–water partition coefficient (Wildman–Crippen LogP) is 2.40. The zero-order valence-electron chi connectivity index (χ0n) is 10.7. The van der Waals surface area contributed by atoms with E-state index in [2.05, 4.69) is 0 Å². The zero-order chi connectivity index (χ0) is 13.1. The van der Waals surface area contributed by atoms with Crippen LogP contribution in [-0.2, 0) is 11.2 Å². The van der Waals surface area contributed by atoms with E-state index in [-0.39, 0.29) is 5.92 Å². The molecule has 0 amide bonds. The smallest absolute Gasteiger partial charge is 0.307 e. The van der Waals surface area contributed by atoms with Gasteiger partial charge in [-0.05, 0) is 37.7 Å². The van der Waals surface area contributed by atoms with Crippen molar-refractivity contribution in [1.82, 2.24) is 0 Å². The summed E-state index contributed by atoms with van der Waals surface area (Å²) in [5.41, 5.74) is 2.19. The highest BCUT2D eigenvalue weighted by molar-refractivity contribution is 5.71. The summed E-state index contributed by atoms with van der Waals surface area (Å²) in [4.78, 5) is 11.4. The fourth-order valence-corrected chi connectivity index (χ4v) is 2.95. The van der Waals surface area contributed by atoms with Gasteiger partial charge in [0, 0.05) is 0 Å². The molecular formula is C15H20O3. The van der Waals surface area contributed by atoms with Crippen LogP contribution in [-0.4, -0.2) is 22.3 Å². The molecule has 0 spiro atoms. The summed E-state index contributed by atoms with van der Waals surface area (Å²) in [6.07, 6.45) is 2.56. The summed E-state index contributed by atoms with van der Waals surface area (Å²) in [5.74, 6) is -1.35. The van der Waals surface area contributed by atoms with E-state index in [1.165, 1.54) is 0 Å². The summed E-state index contributed by atoms with van der Waals surface area (Å²) in [6.45, 7) is 2.00. The van der Waals surface area contributed by atoms with E-state index in [1.54, 1.807) is 0 Å². The molecule has 1 fully saturated rings. The number of aliphatic carboxylic acids is 1. The van der Waals surface area contributed by atoms with Crippen LogP contribution in [0, 0.1) is 18.8 Å². The molecule has 1 aromatic rings. The first kappa shape index (κ1) is 13.1. The Labute approximate surface area is 107 Å². The van der Waals surface area contributed by atoms with Crippen molar-refractivity contribution in [3.8, 4) is 0 Å². The number of carboxylic acid groups (broad SMARTS) is 1. The lowest BCUT2D eigenvalue weighted by Crippen LogP contribution is -2.30. The van der Waals surface area contributed by atoms with Crippen molar-refractivity contribution < 1.29 is 15.0 Å². The van der Waals surface area contributed by atoms with Gasteiger partial charge >= 0.3 is 5.97 Å². The van der Waals surface area contributed by atoms with Crippen LogP contribution in [0.4, 0.5) is 0 Å². The fourth-order valence-electron chi connectivity index (χ4n) is 2.95. The number of aryl methyl sites for hydroxylation is 1. The summed E-state index contributed by atoms with van der Waals surface area (Å²) in [5, 5.41) is 19.2. The molecule has 1 aliphatic rings. The number of rotatable bonds is 4. The van der Waals surface area contributed by atoms with Crippen molar-refractivity contribution in [1.29, 1.82) is 0 Å². The largest absolute Gasteiger partial charge is 0.481 e. The molecule has 2 N–H and O–H groups in total. The van der Waals surface area contributed by atoms with Crippen LogP contribution in [0.5, 0.6) is 0 Å². The third-order valence-corrected chi connectivity index (χ3v) is 3.90. The average molecular weight is 248 g/mol. The standard InChI is InChI=1S/C15H20O3/c1-10-4-2-5-11(8-10)9-13(15(17)18)12-6-3-7-14(12)16/h2,4-5,8,12-14,16H,3,6-7,9H2,1H3,(H,17,18). The van der Waals surface area contributed by atoms with Gasteiger partial charge in [0.25, 0.3) is 0 Å². The lowest BCUT2D eigenvalue weighted by molar-refractivity contribution is -0.145. The van der Waals surface area contributed by atoms with Gasteiger partial charge in [0.05, 0.1) is 12.0 Å². The molecule has 3 heteroatoms. The van der Waals surface area contributed by atoms with Crippen molar-refractivity contribution in [3.05, 3.63) is 35.4 Å². The zero-order valence-corrected chi connectivity index (χ0v) is 10.7. The number of carboxylic acids is 1. The SMILES string of the molecule is Cc1cccc(CC(C(=O)O)C2CCCC2O)c1. The van der Waals surface area contributed by atoms with E-state index in [1.807, 2.05) is 31.2 Å². The maximum Gasteiger partial charge on any atom is 0.307 e. The lowest BCUT2D eigenvalue weighted by atomic mass is 9.84. The quantitative estimate of drug-likeness (QED) is 0.860. The molecule has 3 atom stereocenters. The maximum absolute atomic E-state index is 11.4. The van der Waals surface area contributed by atoms with Crippen molar-refractivity contribution >= 4 is 5.97 Å². The molecule has 1 saturated carbocycles. The van der Waals surface area contributed by atoms with E-state index in [0.717, 1.165) is 30.4 Å². The van der Waals surface area contributed by atoms with Gasteiger partial charge in [-0.1, -0.05) is 36.2 Å². The maximum atomic E-state index is 11.4. The summed E-state index contributed by atoms with van der Waals surface area (Å²) in [7, 11) is 0.